The van der Waals surface area contributed by atoms with Crippen molar-refractivity contribution in [1.29, 1.82) is 10.8 Å². The third kappa shape index (κ3) is 6.31. The predicted octanol–water partition coefficient (Wildman–Crippen LogP) is 5.50. The van der Waals surface area contributed by atoms with Crippen molar-refractivity contribution in [1.82, 2.24) is 14.8 Å². The molecule has 0 atom stereocenters. The topological polar surface area (TPSA) is 122 Å². The molecule has 0 radical (unpaired) electrons. The average molecular weight is 559 g/mol. The van der Waals surface area contributed by atoms with E-state index in [1.807, 2.05) is 48.2 Å². The lowest BCUT2D eigenvalue weighted by Gasteiger charge is -2.38. The summed E-state index contributed by atoms with van der Waals surface area (Å²) in [6, 6.07) is 16.7. The number of piperidine rings is 1. The summed E-state index contributed by atoms with van der Waals surface area (Å²) in [5, 5.41) is 20.0. The first-order chi connectivity index (χ1) is 19.3. The predicted molar refractivity (Wildman–Crippen MR) is 155 cm³/mol. The van der Waals surface area contributed by atoms with Gasteiger partial charge in [-0.15, -0.1) is 0 Å². The fourth-order valence-corrected chi connectivity index (χ4v) is 5.39. The van der Waals surface area contributed by atoms with Gasteiger partial charge in [0.1, 0.15) is 6.42 Å². The molecule has 0 unspecified atom stereocenters. The molecule has 9 nitrogen and oxygen atoms in total. The van der Waals surface area contributed by atoms with Crippen molar-refractivity contribution in [2.75, 3.05) is 25.0 Å². The molecule has 3 aromatic rings. The number of benzene rings is 2. The molecule has 1 fully saturated rings. The fraction of sp³-hybridized carbons (Fsp3) is 0.300. The number of carbonyl (C=O) groups is 2. The number of hydrogen-bond acceptors (Lipinski definition) is 6. The number of aryl methyl sites for hydroxylation is 1. The van der Waals surface area contributed by atoms with Crippen LogP contribution in [0, 0.1) is 17.7 Å². The van der Waals surface area contributed by atoms with Gasteiger partial charge in [0.15, 0.2) is 5.90 Å². The van der Waals surface area contributed by atoms with E-state index >= 15 is 0 Å². The van der Waals surface area contributed by atoms with Crippen LogP contribution < -0.4 is 5.32 Å². The molecule has 2 aliphatic heterocycles. The number of amides is 3. The molecule has 0 spiro atoms. The van der Waals surface area contributed by atoms with Crippen LogP contribution in [0.1, 0.15) is 36.1 Å². The number of hydrogen-bond donors (Lipinski definition) is 3. The molecule has 3 N–H and O–H groups in total. The van der Waals surface area contributed by atoms with Gasteiger partial charge < -0.3 is 19.9 Å². The minimum Gasteiger partial charge on any atom is -0.425 e. The zero-order valence-electron chi connectivity index (χ0n) is 22.2. The number of pyridine rings is 1. The summed E-state index contributed by atoms with van der Waals surface area (Å²) in [5.74, 6) is -0.796. The van der Waals surface area contributed by atoms with E-state index in [9.17, 15) is 9.59 Å². The lowest BCUT2D eigenvalue weighted by molar-refractivity contribution is -0.131. The SMILES string of the molecule is Cc1ccc(-c2cc(Cl)cc(C(=N)OC(=N)CC(=O)N3CCC(N4CCc5ccccc5NC4=O)CC3)c2)cn1. The maximum atomic E-state index is 12.9. The van der Waals surface area contributed by atoms with Crippen molar-refractivity contribution >= 4 is 41.0 Å². The van der Waals surface area contributed by atoms with Crippen molar-refractivity contribution in [3.05, 3.63) is 82.6 Å². The monoisotopic (exact) mass is 558 g/mol. The number of urea groups is 1. The van der Waals surface area contributed by atoms with E-state index in [-0.39, 0.29) is 36.2 Å². The van der Waals surface area contributed by atoms with Gasteiger partial charge in [0, 0.05) is 59.4 Å². The summed E-state index contributed by atoms with van der Waals surface area (Å²) < 4.78 is 5.42. The van der Waals surface area contributed by atoms with E-state index in [0.717, 1.165) is 34.5 Å². The van der Waals surface area contributed by atoms with Gasteiger partial charge in [-0.1, -0.05) is 35.9 Å². The molecule has 3 heterocycles. The molecule has 2 aromatic carbocycles. The first-order valence-corrected chi connectivity index (χ1v) is 13.7. The lowest BCUT2D eigenvalue weighted by atomic mass is 10.0. The normalized spacial score (nSPS) is 15.6. The Bertz CT molecular complexity index is 1450. The van der Waals surface area contributed by atoms with Crippen molar-refractivity contribution in [2.24, 2.45) is 0 Å². The number of aromatic nitrogens is 1. The van der Waals surface area contributed by atoms with Crippen LogP contribution >= 0.6 is 11.6 Å². The largest absolute Gasteiger partial charge is 0.425 e. The molecule has 0 saturated carbocycles. The highest BCUT2D eigenvalue weighted by Crippen LogP contribution is 2.26. The Labute approximate surface area is 238 Å². The Hall–Kier alpha value is -4.24. The maximum Gasteiger partial charge on any atom is 0.322 e. The summed E-state index contributed by atoms with van der Waals surface area (Å²) in [7, 11) is 0. The number of ether oxygens (including phenoxy) is 1. The number of nitrogens with one attached hydrogen (secondary N) is 3. The molecule has 40 heavy (non-hydrogen) atoms. The molecular formula is C30H31ClN6O3. The van der Waals surface area contributed by atoms with Gasteiger partial charge in [0.05, 0.1) is 0 Å². The maximum absolute atomic E-state index is 12.9. The number of rotatable bonds is 5. The Kier molecular flexibility index (Phi) is 8.11. The van der Waals surface area contributed by atoms with Crippen LogP contribution in [-0.4, -0.2) is 64.2 Å². The third-order valence-corrected chi connectivity index (χ3v) is 7.56. The summed E-state index contributed by atoms with van der Waals surface area (Å²) in [5.41, 5.74) is 4.89. The fourth-order valence-electron chi connectivity index (χ4n) is 5.16. The summed E-state index contributed by atoms with van der Waals surface area (Å²) in [6.45, 7) is 3.52. The number of para-hydroxylation sites is 1. The molecule has 0 bridgehead atoms. The Morgan fingerprint density at radius 3 is 2.60 bits per heavy atom. The number of carbonyl (C=O) groups excluding carboxylic acids is 2. The Morgan fingerprint density at radius 2 is 1.85 bits per heavy atom. The van der Waals surface area contributed by atoms with Crippen LogP contribution in [0.3, 0.4) is 0 Å². The van der Waals surface area contributed by atoms with E-state index in [0.29, 0.717) is 43.1 Å². The molecular weight excluding hydrogens is 528 g/mol. The third-order valence-electron chi connectivity index (χ3n) is 7.34. The molecule has 1 saturated heterocycles. The average Bonchev–Trinajstić information content (AvgIpc) is 3.11. The van der Waals surface area contributed by atoms with Crippen LogP contribution in [0.2, 0.25) is 5.02 Å². The number of nitrogens with zero attached hydrogens (tertiary/aromatic N) is 3. The molecule has 0 aliphatic carbocycles. The molecule has 1 aromatic heterocycles. The van der Waals surface area contributed by atoms with Crippen molar-refractivity contribution in [3.63, 3.8) is 0 Å². The summed E-state index contributed by atoms with van der Waals surface area (Å²) in [4.78, 5) is 33.6. The minimum absolute atomic E-state index is 0.0444. The molecule has 2 aliphatic rings. The lowest BCUT2D eigenvalue weighted by Crippen LogP contribution is -2.50. The van der Waals surface area contributed by atoms with Crippen LogP contribution in [0.15, 0.2) is 60.8 Å². The van der Waals surface area contributed by atoms with Gasteiger partial charge in [-0.05, 0) is 67.6 Å². The molecule has 10 heteroatoms. The van der Waals surface area contributed by atoms with Gasteiger partial charge >= 0.3 is 6.03 Å². The zero-order valence-corrected chi connectivity index (χ0v) is 23.0. The van der Waals surface area contributed by atoms with Crippen molar-refractivity contribution in [2.45, 2.75) is 38.6 Å². The second-order valence-corrected chi connectivity index (χ2v) is 10.5. The Balaban J connectivity index is 1.13. The van der Waals surface area contributed by atoms with E-state index in [1.165, 1.54) is 0 Å². The van der Waals surface area contributed by atoms with Gasteiger partial charge in [-0.25, -0.2) is 4.79 Å². The van der Waals surface area contributed by atoms with Gasteiger partial charge in [0.25, 0.3) is 0 Å². The van der Waals surface area contributed by atoms with Crippen LogP contribution in [-0.2, 0) is 16.0 Å². The number of anilines is 1. The second kappa shape index (κ2) is 11.9. The van der Waals surface area contributed by atoms with Gasteiger partial charge in [-0.2, -0.15) is 0 Å². The van der Waals surface area contributed by atoms with Crippen LogP contribution in [0.5, 0.6) is 0 Å². The molecule has 5 rings (SSSR count). The first kappa shape index (κ1) is 27.3. The van der Waals surface area contributed by atoms with Crippen LogP contribution in [0.4, 0.5) is 10.5 Å². The van der Waals surface area contributed by atoms with Crippen molar-refractivity contribution < 1.29 is 14.3 Å². The minimum atomic E-state index is -0.305. The van der Waals surface area contributed by atoms with Gasteiger partial charge in [0.2, 0.25) is 11.8 Å². The highest BCUT2D eigenvalue weighted by molar-refractivity contribution is 6.31. The number of likely N-dealkylation sites (tertiary alicyclic amines) is 1. The van der Waals surface area contributed by atoms with E-state index in [1.54, 1.807) is 29.3 Å². The highest BCUT2D eigenvalue weighted by Gasteiger charge is 2.31. The second-order valence-electron chi connectivity index (χ2n) is 10.1. The molecule has 3 amide bonds. The van der Waals surface area contributed by atoms with E-state index < -0.39 is 0 Å². The van der Waals surface area contributed by atoms with Crippen molar-refractivity contribution in [3.8, 4) is 11.1 Å². The summed E-state index contributed by atoms with van der Waals surface area (Å²) in [6.07, 6.45) is 3.60. The van der Waals surface area contributed by atoms with Crippen LogP contribution in [0.25, 0.3) is 11.1 Å². The molecule has 206 valence electrons. The smallest absolute Gasteiger partial charge is 0.322 e. The van der Waals surface area contributed by atoms with Gasteiger partial charge in [-0.3, -0.25) is 20.6 Å². The zero-order chi connectivity index (χ0) is 28.2. The number of fused-ring (bicyclic) bond motifs is 1. The quantitative estimate of drug-likeness (QED) is 0.282. The Morgan fingerprint density at radius 1 is 1.07 bits per heavy atom. The number of halogens is 1. The first-order valence-electron chi connectivity index (χ1n) is 13.3. The van der Waals surface area contributed by atoms with E-state index in [4.69, 9.17) is 27.2 Å². The standard InChI is InChI=1S/C30H31ClN6O3/c1-19-6-7-21(18-34-19)22-14-23(16-24(31)15-22)29(33)40-27(32)17-28(38)36-11-9-25(10-12-36)37-13-8-20-4-2-3-5-26(20)35-30(37)39/h2-7,14-16,18,25,32-33H,8-13,17H2,1H3,(H,35,39). The highest BCUT2D eigenvalue weighted by atomic mass is 35.5. The summed E-state index contributed by atoms with van der Waals surface area (Å²) >= 11 is 6.29. The van der Waals surface area contributed by atoms with E-state index in [2.05, 4.69) is 10.3 Å².